The maximum Gasteiger partial charge on any atom is 0.419 e. The lowest BCUT2D eigenvalue weighted by molar-refractivity contribution is -0.123. The third kappa shape index (κ3) is 7.64. The predicted molar refractivity (Wildman–Crippen MR) is 133 cm³/mol. The molecule has 8 heteroatoms. The molecule has 0 aliphatic rings. The molecule has 0 bridgehead atoms. The molecule has 2 rings (SSSR count). The third-order valence-electron chi connectivity index (χ3n) is 4.91. The van der Waals surface area contributed by atoms with Gasteiger partial charge >= 0.3 is 12.2 Å². The number of alkyl carbamates (subject to hydrolysis) is 1. The van der Waals surface area contributed by atoms with E-state index in [4.69, 9.17) is 15.2 Å². The number of benzene rings is 1. The average molecular weight is 472 g/mol. The van der Waals surface area contributed by atoms with Gasteiger partial charge in [0, 0.05) is 11.6 Å². The van der Waals surface area contributed by atoms with E-state index < -0.39 is 40.8 Å². The van der Waals surface area contributed by atoms with Gasteiger partial charge in [0.05, 0.1) is 17.0 Å². The van der Waals surface area contributed by atoms with Gasteiger partial charge in [0.2, 0.25) is 5.91 Å². The summed E-state index contributed by atoms with van der Waals surface area (Å²) in [4.78, 5) is 37.1. The second-order valence-corrected chi connectivity index (χ2v) is 10.9. The molecule has 0 fully saturated rings. The number of amides is 2. The fourth-order valence-electron chi connectivity index (χ4n) is 3.18. The molecule has 0 saturated heterocycles. The van der Waals surface area contributed by atoms with E-state index >= 15 is 0 Å². The second kappa shape index (κ2) is 9.91. The number of primary amides is 1. The van der Waals surface area contributed by atoms with E-state index in [9.17, 15) is 14.4 Å². The fourth-order valence-corrected chi connectivity index (χ4v) is 3.18. The van der Waals surface area contributed by atoms with Gasteiger partial charge in [-0.1, -0.05) is 30.4 Å². The van der Waals surface area contributed by atoms with Gasteiger partial charge in [0.25, 0.3) is 0 Å². The van der Waals surface area contributed by atoms with Crippen molar-refractivity contribution in [3.8, 4) is 0 Å². The summed E-state index contributed by atoms with van der Waals surface area (Å²) < 4.78 is 12.4. The highest BCUT2D eigenvalue weighted by molar-refractivity contribution is 5.92. The number of hydrogen-bond donors (Lipinski definition) is 2. The number of nitrogens with one attached hydrogen (secondary N) is 1. The van der Waals surface area contributed by atoms with Crippen LogP contribution in [0.1, 0.15) is 61.0 Å². The predicted octanol–water partition coefficient (Wildman–Crippen LogP) is 4.93. The number of nitrogens with two attached hydrogens (primary N) is 1. The summed E-state index contributed by atoms with van der Waals surface area (Å²) in [6.45, 7) is 14.2. The van der Waals surface area contributed by atoms with Crippen LogP contribution in [0.3, 0.4) is 0 Å². The Morgan fingerprint density at radius 2 is 1.59 bits per heavy atom. The lowest BCUT2D eigenvalue weighted by Gasteiger charge is -2.23. The van der Waals surface area contributed by atoms with Crippen LogP contribution in [-0.4, -0.2) is 39.9 Å². The number of hydrogen-bond acceptors (Lipinski definition) is 5. The highest BCUT2D eigenvalue weighted by Crippen LogP contribution is 2.25. The van der Waals surface area contributed by atoms with Gasteiger partial charge < -0.3 is 20.5 Å². The van der Waals surface area contributed by atoms with Crippen molar-refractivity contribution in [1.82, 2.24) is 9.88 Å². The van der Waals surface area contributed by atoms with Crippen LogP contribution >= 0.6 is 0 Å². The Kier molecular flexibility index (Phi) is 7.86. The van der Waals surface area contributed by atoms with Gasteiger partial charge in [-0.15, -0.1) is 0 Å². The summed E-state index contributed by atoms with van der Waals surface area (Å²) in [7, 11) is 0. The Morgan fingerprint density at radius 3 is 2.15 bits per heavy atom. The number of rotatable bonds is 6. The van der Waals surface area contributed by atoms with E-state index in [0.29, 0.717) is 11.9 Å². The van der Waals surface area contributed by atoms with Crippen molar-refractivity contribution in [1.29, 1.82) is 0 Å². The average Bonchev–Trinajstić information content (AvgIpc) is 3.02. The Bertz CT molecular complexity index is 1080. The van der Waals surface area contributed by atoms with Crippen LogP contribution in [-0.2, 0) is 20.7 Å². The Balaban J connectivity index is 2.44. The van der Waals surface area contributed by atoms with E-state index in [2.05, 4.69) is 5.32 Å². The first-order chi connectivity index (χ1) is 15.5. The molecule has 0 spiro atoms. The summed E-state index contributed by atoms with van der Waals surface area (Å²) in [5.74, 6) is -0.485. The van der Waals surface area contributed by atoms with E-state index in [1.807, 2.05) is 45.0 Å². The Morgan fingerprint density at radius 1 is 1.00 bits per heavy atom. The number of carbonyl (C=O) groups is 3. The van der Waals surface area contributed by atoms with Crippen molar-refractivity contribution in [3.05, 3.63) is 48.2 Å². The standard InChI is InChI=1S/C26H37N3O5/c1-24(2,3)33-22(31)28-18(13-14-26(7,8)21(27)30)15-17-16-29(23(32)34-25(4,5)6)20-12-10-9-11-19(17)20/h9-14,16,18H,15H2,1-8H3,(H2,27,30)(H,28,31)/b14-13+. The summed E-state index contributed by atoms with van der Waals surface area (Å²) in [6.07, 6.45) is 4.39. The van der Waals surface area contributed by atoms with Crippen LogP contribution in [0, 0.1) is 5.41 Å². The molecule has 2 aromatic rings. The van der Waals surface area contributed by atoms with Gasteiger partial charge in [-0.05, 0) is 73.4 Å². The lowest BCUT2D eigenvalue weighted by Crippen LogP contribution is -2.39. The molecule has 1 aromatic carbocycles. The highest BCUT2D eigenvalue weighted by Gasteiger charge is 2.25. The van der Waals surface area contributed by atoms with Crippen molar-refractivity contribution in [3.63, 3.8) is 0 Å². The van der Waals surface area contributed by atoms with E-state index in [1.165, 1.54) is 4.57 Å². The summed E-state index contributed by atoms with van der Waals surface area (Å²) in [5, 5.41) is 3.70. The number of nitrogens with zero attached hydrogens (tertiary/aromatic N) is 1. The minimum atomic E-state index is -0.904. The fraction of sp³-hybridized carbons (Fsp3) is 0.500. The molecule has 186 valence electrons. The van der Waals surface area contributed by atoms with Crippen LogP contribution < -0.4 is 11.1 Å². The normalized spacial score (nSPS) is 13.6. The number of fused-ring (bicyclic) bond motifs is 1. The zero-order valence-electron chi connectivity index (χ0n) is 21.4. The topological polar surface area (TPSA) is 113 Å². The van der Waals surface area contributed by atoms with Crippen LogP contribution in [0.2, 0.25) is 0 Å². The van der Waals surface area contributed by atoms with Gasteiger partial charge in [-0.25, -0.2) is 9.59 Å². The molecule has 0 aliphatic heterocycles. The van der Waals surface area contributed by atoms with Crippen LogP contribution in [0.4, 0.5) is 9.59 Å². The largest absolute Gasteiger partial charge is 0.444 e. The third-order valence-corrected chi connectivity index (χ3v) is 4.91. The van der Waals surface area contributed by atoms with Crippen LogP contribution in [0.15, 0.2) is 42.6 Å². The SMILES string of the molecule is CC(C)(C)OC(=O)NC(/C=C/C(C)(C)C(N)=O)Cc1cn(C(=O)OC(C)(C)C)c2ccccc12. The van der Waals surface area contributed by atoms with Gasteiger partial charge in [0.15, 0.2) is 0 Å². The van der Waals surface area contributed by atoms with Crippen LogP contribution in [0.25, 0.3) is 10.9 Å². The van der Waals surface area contributed by atoms with Crippen LogP contribution in [0.5, 0.6) is 0 Å². The number of carbonyl (C=O) groups excluding carboxylic acids is 3. The molecule has 8 nitrogen and oxygen atoms in total. The maximum absolute atomic E-state index is 12.8. The minimum absolute atomic E-state index is 0.348. The smallest absolute Gasteiger partial charge is 0.419 e. The first-order valence-electron chi connectivity index (χ1n) is 11.3. The molecule has 0 radical (unpaired) electrons. The molecule has 1 heterocycles. The summed E-state index contributed by atoms with van der Waals surface area (Å²) in [5.41, 5.74) is 4.80. The zero-order valence-corrected chi connectivity index (χ0v) is 21.4. The maximum atomic E-state index is 12.8. The van der Waals surface area contributed by atoms with Crippen molar-refractivity contribution in [2.24, 2.45) is 11.1 Å². The molecule has 1 unspecified atom stereocenters. The number of aromatic nitrogens is 1. The Hall–Kier alpha value is -3.29. The van der Waals surface area contributed by atoms with E-state index in [0.717, 1.165) is 10.9 Å². The first kappa shape index (κ1) is 27.0. The number of para-hydroxylation sites is 1. The molecular weight excluding hydrogens is 434 g/mol. The second-order valence-electron chi connectivity index (χ2n) is 10.9. The molecule has 0 saturated carbocycles. The molecule has 2 amide bonds. The van der Waals surface area contributed by atoms with Gasteiger partial charge in [0.1, 0.15) is 11.2 Å². The van der Waals surface area contributed by atoms with Gasteiger partial charge in [-0.2, -0.15) is 0 Å². The molecule has 3 N–H and O–H groups in total. The highest BCUT2D eigenvalue weighted by atomic mass is 16.6. The van der Waals surface area contributed by atoms with Gasteiger partial charge in [-0.3, -0.25) is 9.36 Å². The zero-order chi connectivity index (χ0) is 25.9. The molecule has 1 aromatic heterocycles. The molecule has 0 aliphatic carbocycles. The van der Waals surface area contributed by atoms with E-state index in [1.54, 1.807) is 53.0 Å². The van der Waals surface area contributed by atoms with Crippen molar-refractivity contribution in [2.75, 3.05) is 0 Å². The number of ether oxygens (including phenoxy) is 2. The molecule has 1 atom stereocenters. The first-order valence-corrected chi connectivity index (χ1v) is 11.3. The van der Waals surface area contributed by atoms with Crippen molar-refractivity contribution < 1.29 is 23.9 Å². The lowest BCUT2D eigenvalue weighted by atomic mass is 9.91. The Labute approximate surface area is 201 Å². The summed E-state index contributed by atoms with van der Waals surface area (Å²) >= 11 is 0. The monoisotopic (exact) mass is 471 g/mol. The van der Waals surface area contributed by atoms with Crippen molar-refractivity contribution >= 4 is 29.0 Å². The summed E-state index contributed by atoms with van der Waals surface area (Å²) in [6, 6.07) is 6.95. The minimum Gasteiger partial charge on any atom is -0.444 e. The quantitative estimate of drug-likeness (QED) is 0.580. The van der Waals surface area contributed by atoms with E-state index in [-0.39, 0.29) is 0 Å². The van der Waals surface area contributed by atoms with Crippen molar-refractivity contribution in [2.45, 2.75) is 79.1 Å². The molecular formula is C26H37N3O5. The molecule has 34 heavy (non-hydrogen) atoms.